The molecular formula is C22H35N3O3S. The molecule has 0 aromatic heterocycles. The van der Waals surface area contributed by atoms with E-state index in [-0.39, 0.29) is 11.9 Å². The van der Waals surface area contributed by atoms with Gasteiger partial charge in [0.15, 0.2) is 0 Å². The maximum Gasteiger partial charge on any atom is 0.243 e. The number of hydrogen-bond acceptors (Lipinski definition) is 4. The molecule has 0 bridgehead atoms. The molecule has 1 aromatic rings. The standard InChI is InChI=1S/C22H35N3O3S/c1-15-14-16(2)18(4)21(17(15)3)29(27,28)25-12-10-24(11-13-25)19(5)22(26)23-20-8-6-7-9-20/h14,19-20H,6-13H2,1-5H3,(H,23,26). The maximum absolute atomic E-state index is 13.4. The fourth-order valence-corrected chi connectivity index (χ4v) is 6.58. The van der Waals surface area contributed by atoms with Crippen molar-refractivity contribution in [1.82, 2.24) is 14.5 Å². The Morgan fingerprint density at radius 3 is 2.03 bits per heavy atom. The molecule has 1 saturated carbocycles. The number of nitrogens with zero attached hydrogens (tertiary/aromatic N) is 2. The van der Waals surface area contributed by atoms with Gasteiger partial charge in [0.1, 0.15) is 0 Å². The number of carbonyl (C=O) groups is 1. The van der Waals surface area contributed by atoms with Gasteiger partial charge in [-0.2, -0.15) is 4.31 Å². The van der Waals surface area contributed by atoms with E-state index >= 15 is 0 Å². The lowest BCUT2D eigenvalue weighted by atomic mass is 10.0. The van der Waals surface area contributed by atoms with Gasteiger partial charge in [-0.05, 0) is 69.7 Å². The van der Waals surface area contributed by atoms with E-state index in [1.54, 1.807) is 4.31 Å². The number of amides is 1. The number of rotatable bonds is 5. The summed E-state index contributed by atoms with van der Waals surface area (Å²) in [5.74, 6) is 0.0641. The molecule has 162 valence electrons. The molecule has 1 N–H and O–H groups in total. The molecule has 2 aliphatic rings. The monoisotopic (exact) mass is 421 g/mol. The second kappa shape index (κ2) is 8.74. The Balaban J connectivity index is 1.68. The van der Waals surface area contributed by atoms with Crippen LogP contribution >= 0.6 is 0 Å². The van der Waals surface area contributed by atoms with Crippen molar-refractivity contribution in [2.24, 2.45) is 0 Å². The third kappa shape index (κ3) is 4.52. The molecule has 1 aliphatic carbocycles. The van der Waals surface area contributed by atoms with Crippen LogP contribution in [0.15, 0.2) is 11.0 Å². The summed E-state index contributed by atoms with van der Waals surface area (Å²) in [5.41, 5.74) is 3.67. The molecule has 1 amide bonds. The van der Waals surface area contributed by atoms with E-state index in [0.29, 0.717) is 37.1 Å². The topological polar surface area (TPSA) is 69.7 Å². The molecule has 6 nitrogen and oxygen atoms in total. The summed E-state index contributed by atoms with van der Waals surface area (Å²) in [7, 11) is -3.55. The number of benzene rings is 1. The van der Waals surface area contributed by atoms with Crippen LogP contribution in [0, 0.1) is 27.7 Å². The fraction of sp³-hybridized carbons (Fsp3) is 0.682. The smallest absolute Gasteiger partial charge is 0.243 e. The summed E-state index contributed by atoms with van der Waals surface area (Å²) in [6.45, 7) is 11.6. The van der Waals surface area contributed by atoms with E-state index in [2.05, 4.69) is 10.2 Å². The summed E-state index contributed by atoms with van der Waals surface area (Å²) in [6.07, 6.45) is 4.51. The molecule has 1 saturated heterocycles. The highest BCUT2D eigenvalue weighted by atomic mass is 32.2. The third-order valence-corrected chi connectivity index (χ3v) is 8.97. The van der Waals surface area contributed by atoms with Gasteiger partial charge in [-0.25, -0.2) is 8.42 Å². The Labute approximate surface area is 175 Å². The maximum atomic E-state index is 13.4. The predicted molar refractivity (Wildman–Crippen MR) is 116 cm³/mol. The Bertz CT molecular complexity index is 842. The second-order valence-corrected chi connectivity index (χ2v) is 10.6. The van der Waals surface area contributed by atoms with Gasteiger partial charge in [-0.3, -0.25) is 9.69 Å². The first-order valence-electron chi connectivity index (χ1n) is 10.7. The minimum Gasteiger partial charge on any atom is -0.352 e. The van der Waals surface area contributed by atoms with Gasteiger partial charge in [0.05, 0.1) is 10.9 Å². The Kier molecular flexibility index (Phi) is 6.70. The minimum atomic E-state index is -3.55. The Hall–Kier alpha value is -1.44. The molecule has 3 rings (SSSR count). The van der Waals surface area contributed by atoms with Gasteiger partial charge in [0.2, 0.25) is 15.9 Å². The first kappa shape index (κ1) is 22.2. The first-order chi connectivity index (χ1) is 13.6. The number of hydrogen-bond donors (Lipinski definition) is 1. The van der Waals surface area contributed by atoms with Crippen LogP contribution in [0.2, 0.25) is 0 Å². The molecule has 2 fully saturated rings. The van der Waals surface area contributed by atoms with Crippen LogP contribution in [0.5, 0.6) is 0 Å². The van der Waals surface area contributed by atoms with Crippen LogP contribution < -0.4 is 5.32 Å². The van der Waals surface area contributed by atoms with Crippen LogP contribution in [0.25, 0.3) is 0 Å². The van der Waals surface area contributed by atoms with E-state index < -0.39 is 10.0 Å². The molecule has 0 radical (unpaired) electrons. The summed E-state index contributed by atoms with van der Waals surface area (Å²) in [5, 5.41) is 3.16. The SMILES string of the molecule is Cc1cc(C)c(C)c(S(=O)(=O)N2CCN(C(C)C(=O)NC3CCCC3)CC2)c1C. The molecule has 1 unspecified atom stereocenters. The Morgan fingerprint density at radius 1 is 1.00 bits per heavy atom. The van der Waals surface area contributed by atoms with Crippen LogP contribution in [-0.4, -0.2) is 61.8 Å². The van der Waals surface area contributed by atoms with Crippen molar-refractivity contribution in [3.05, 3.63) is 28.3 Å². The first-order valence-corrected chi connectivity index (χ1v) is 12.2. The summed E-state index contributed by atoms with van der Waals surface area (Å²) in [6, 6.07) is 2.12. The van der Waals surface area contributed by atoms with Crippen molar-refractivity contribution < 1.29 is 13.2 Å². The van der Waals surface area contributed by atoms with E-state index in [0.717, 1.165) is 35.1 Å². The van der Waals surface area contributed by atoms with Crippen molar-refractivity contribution in [3.63, 3.8) is 0 Å². The molecule has 29 heavy (non-hydrogen) atoms. The Morgan fingerprint density at radius 2 is 1.52 bits per heavy atom. The number of piperazine rings is 1. The lowest BCUT2D eigenvalue weighted by Crippen LogP contribution is -2.55. The summed E-state index contributed by atoms with van der Waals surface area (Å²) < 4.78 is 28.4. The predicted octanol–water partition coefficient (Wildman–Crippen LogP) is 2.67. The zero-order valence-electron chi connectivity index (χ0n) is 18.4. The minimum absolute atomic E-state index is 0.0641. The zero-order valence-corrected chi connectivity index (χ0v) is 19.2. The average molecular weight is 422 g/mol. The largest absolute Gasteiger partial charge is 0.352 e. The normalized spacial score (nSPS) is 20.7. The molecule has 1 heterocycles. The quantitative estimate of drug-likeness (QED) is 0.794. The third-order valence-electron chi connectivity index (χ3n) is 6.80. The van der Waals surface area contributed by atoms with Gasteiger partial charge in [0, 0.05) is 32.2 Å². The van der Waals surface area contributed by atoms with Gasteiger partial charge in [-0.15, -0.1) is 0 Å². The van der Waals surface area contributed by atoms with Crippen molar-refractivity contribution in [2.45, 2.75) is 77.3 Å². The van der Waals surface area contributed by atoms with Gasteiger partial charge in [-0.1, -0.05) is 18.9 Å². The highest BCUT2D eigenvalue weighted by molar-refractivity contribution is 7.89. The highest BCUT2D eigenvalue weighted by Crippen LogP contribution is 2.29. The number of sulfonamides is 1. The molecule has 7 heteroatoms. The summed E-state index contributed by atoms with van der Waals surface area (Å²) in [4.78, 5) is 15.1. The number of carbonyl (C=O) groups excluding carboxylic acids is 1. The van der Waals surface area contributed by atoms with Gasteiger partial charge in [0.25, 0.3) is 0 Å². The van der Waals surface area contributed by atoms with Crippen molar-refractivity contribution in [2.75, 3.05) is 26.2 Å². The fourth-order valence-electron chi connectivity index (χ4n) is 4.59. The van der Waals surface area contributed by atoms with Crippen LogP contribution in [0.3, 0.4) is 0 Å². The van der Waals surface area contributed by atoms with Crippen molar-refractivity contribution in [1.29, 1.82) is 0 Å². The van der Waals surface area contributed by atoms with E-state index in [4.69, 9.17) is 0 Å². The van der Waals surface area contributed by atoms with Crippen LogP contribution in [0.4, 0.5) is 0 Å². The van der Waals surface area contributed by atoms with Crippen LogP contribution in [-0.2, 0) is 14.8 Å². The molecule has 1 aromatic carbocycles. The molecular weight excluding hydrogens is 386 g/mol. The van der Waals surface area contributed by atoms with E-state index in [1.807, 2.05) is 40.7 Å². The van der Waals surface area contributed by atoms with Crippen molar-refractivity contribution in [3.8, 4) is 0 Å². The second-order valence-electron chi connectivity index (χ2n) is 8.70. The number of aryl methyl sites for hydroxylation is 2. The van der Waals surface area contributed by atoms with Crippen molar-refractivity contribution >= 4 is 15.9 Å². The van der Waals surface area contributed by atoms with Crippen LogP contribution in [0.1, 0.15) is 54.9 Å². The highest BCUT2D eigenvalue weighted by Gasteiger charge is 2.34. The zero-order chi connectivity index (χ0) is 21.3. The number of nitrogens with one attached hydrogen (secondary N) is 1. The van der Waals surface area contributed by atoms with Gasteiger partial charge < -0.3 is 5.32 Å². The molecule has 1 atom stereocenters. The lowest BCUT2D eigenvalue weighted by molar-refractivity contribution is -0.127. The molecule has 1 aliphatic heterocycles. The van der Waals surface area contributed by atoms with E-state index in [1.165, 1.54) is 12.8 Å². The lowest BCUT2D eigenvalue weighted by Gasteiger charge is -2.37. The molecule has 0 spiro atoms. The van der Waals surface area contributed by atoms with E-state index in [9.17, 15) is 13.2 Å². The average Bonchev–Trinajstić information content (AvgIpc) is 3.19. The summed E-state index contributed by atoms with van der Waals surface area (Å²) >= 11 is 0. The van der Waals surface area contributed by atoms with Gasteiger partial charge >= 0.3 is 0 Å².